The van der Waals surface area contributed by atoms with Crippen LogP contribution in [0.25, 0.3) is 87.6 Å². The van der Waals surface area contributed by atoms with Gasteiger partial charge < -0.3 is 4.42 Å². The Labute approximate surface area is 255 Å². The van der Waals surface area contributed by atoms with Crippen LogP contribution in [-0.2, 0) is 5.41 Å². The predicted molar refractivity (Wildman–Crippen MR) is 186 cm³/mol. The lowest BCUT2D eigenvalue weighted by Gasteiger charge is -2.22. The quantitative estimate of drug-likeness (QED) is 0.192. The Morgan fingerprint density at radius 1 is 0.455 bits per heavy atom. The summed E-state index contributed by atoms with van der Waals surface area (Å²) in [6.45, 7) is 4.75. The molecule has 1 aromatic heterocycles. The standard InChI is InChI=1S/C43H28O/c1-43(2)35-22-19-29(25-9-4-3-5-10-25)23-34(35)40-36(43)24-33-30-13-6-7-14-37(30)44-42(33)41(40)32-21-18-28-16-15-26-11-8-12-27-17-20-31(32)39(28)38(26)27/h3-24H,1-2H3. The van der Waals surface area contributed by atoms with Crippen molar-refractivity contribution in [2.45, 2.75) is 19.3 Å². The van der Waals surface area contributed by atoms with Crippen molar-refractivity contribution in [3.8, 4) is 33.4 Å². The highest BCUT2D eigenvalue weighted by Gasteiger charge is 2.39. The molecule has 1 heterocycles. The van der Waals surface area contributed by atoms with Gasteiger partial charge in [-0.15, -0.1) is 0 Å². The monoisotopic (exact) mass is 560 g/mol. The molecule has 0 atom stereocenters. The Bertz CT molecular complexity index is 2600. The van der Waals surface area contributed by atoms with Crippen molar-refractivity contribution >= 4 is 54.3 Å². The summed E-state index contributed by atoms with van der Waals surface area (Å²) >= 11 is 0. The largest absolute Gasteiger partial charge is 0.455 e. The average Bonchev–Trinajstić information content (AvgIpc) is 3.55. The third-order valence-electron chi connectivity index (χ3n) is 10.2. The van der Waals surface area contributed by atoms with E-state index in [0.717, 1.165) is 11.2 Å². The number of benzene rings is 8. The van der Waals surface area contributed by atoms with Crippen LogP contribution in [0.15, 0.2) is 138 Å². The van der Waals surface area contributed by atoms with Crippen molar-refractivity contribution < 1.29 is 4.42 Å². The summed E-state index contributed by atoms with van der Waals surface area (Å²) in [4.78, 5) is 0. The Balaban J connectivity index is 1.40. The molecule has 0 bridgehead atoms. The second kappa shape index (κ2) is 8.36. The van der Waals surface area contributed by atoms with Crippen LogP contribution in [0.1, 0.15) is 25.0 Å². The maximum atomic E-state index is 6.85. The van der Waals surface area contributed by atoms with Crippen LogP contribution in [0, 0.1) is 0 Å². The zero-order valence-electron chi connectivity index (χ0n) is 24.6. The minimum absolute atomic E-state index is 0.162. The van der Waals surface area contributed by atoms with Gasteiger partial charge in [0.2, 0.25) is 0 Å². The molecular weight excluding hydrogens is 532 g/mol. The second-order valence-electron chi connectivity index (χ2n) is 12.9. The number of para-hydroxylation sites is 1. The third-order valence-corrected chi connectivity index (χ3v) is 10.2. The molecule has 8 aromatic carbocycles. The number of fused-ring (bicyclic) bond motifs is 6. The number of rotatable bonds is 2. The SMILES string of the molecule is CC1(C)c2ccc(-c3ccccc3)cc2-c2c1cc1c(oc3ccccc31)c2-c1ccc2ccc3cccc4ccc1c2c34. The van der Waals surface area contributed by atoms with Gasteiger partial charge in [-0.05, 0) is 89.5 Å². The maximum Gasteiger partial charge on any atom is 0.143 e. The zero-order valence-corrected chi connectivity index (χ0v) is 24.6. The van der Waals surface area contributed by atoms with Crippen molar-refractivity contribution in [1.82, 2.24) is 0 Å². The van der Waals surface area contributed by atoms with Crippen LogP contribution in [0.4, 0.5) is 0 Å². The molecule has 9 aromatic rings. The van der Waals surface area contributed by atoms with E-state index in [1.165, 1.54) is 87.6 Å². The molecule has 206 valence electrons. The van der Waals surface area contributed by atoms with Gasteiger partial charge in [0, 0.05) is 21.8 Å². The molecule has 1 heteroatoms. The van der Waals surface area contributed by atoms with Crippen LogP contribution >= 0.6 is 0 Å². The van der Waals surface area contributed by atoms with E-state index in [1.54, 1.807) is 0 Å². The normalized spacial score (nSPS) is 13.9. The predicted octanol–water partition coefficient (Wildman–Crippen LogP) is 12.1. The third kappa shape index (κ3) is 3.04. The van der Waals surface area contributed by atoms with E-state index in [0.29, 0.717) is 0 Å². The van der Waals surface area contributed by atoms with Crippen molar-refractivity contribution in [3.63, 3.8) is 0 Å². The minimum atomic E-state index is -0.162. The molecule has 0 fully saturated rings. The van der Waals surface area contributed by atoms with Gasteiger partial charge in [-0.25, -0.2) is 0 Å². The fraction of sp³-hybridized carbons (Fsp3) is 0.0698. The van der Waals surface area contributed by atoms with Crippen LogP contribution in [0.3, 0.4) is 0 Å². The fourth-order valence-electron chi connectivity index (χ4n) is 8.09. The Morgan fingerprint density at radius 2 is 1.18 bits per heavy atom. The van der Waals surface area contributed by atoms with E-state index in [9.17, 15) is 0 Å². The Kier molecular flexibility index (Phi) is 4.58. The van der Waals surface area contributed by atoms with Gasteiger partial charge in [0.1, 0.15) is 11.2 Å². The highest BCUT2D eigenvalue weighted by molar-refractivity contribution is 6.27. The average molecular weight is 561 g/mol. The maximum absolute atomic E-state index is 6.85. The van der Waals surface area contributed by atoms with Gasteiger partial charge in [-0.1, -0.05) is 129 Å². The number of hydrogen-bond acceptors (Lipinski definition) is 1. The van der Waals surface area contributed by atoms with Gasteiger partial charge in [0.15, 0.2) is 0 Å². The fourth-order valence-corrected chi connectivity index (χ4v) is 8.09. The van der Waals surface area contributed by atoms with Gasteiger partial charge >= 0.3 is 0 Å². The van der Waals surface area contributed by atoms with Crippen molar-refractivity contribution in [1.29, 1.82) is 0 Å². The molecule has 0 aliphatic heterocycles. The first-order chi connectivity index (χ1) is 21.6. The molecule has 1 nitrogen and oxygen atoms in total. The smallest absolute Gasteiger partial charge is 0.143 e. The molecule has 44 heavy (non-hydrogen) atoms. The molecule has 0 unspecified atom stereocenters. The lowest BCUT2D eigenvalue weighted by atomic mass is 9.80. The Morgan fingerprint density at radius 3 is 2.02 bits per heavy atom. The zero-order chi connectivity index (χ0) is 29.2. The summed E-state index contributed by atoms with van der Waals surface area (Å²) in [5.74, 6) is 0. The lowest BCUT2D eigenvalue weighted by molar-refractivity contribution is 0.658. The van der Waals surface area contributed by atoms with E-state index in [2.05, 4.69) is 147 Å². The summed E-state index contributed by atoms with van der Waals surface area (Å²) in [5.41, 5.74) is 11.9. The Hall–Kier alpha value is -5.40. The summed E-state index contributed by atoms with van der Waals surface area (Å²) in [6, 6.07) is 49.1. The van der Waals surface area contributed by atoms with Crippen LogP contribution in [0.2, 0.25) is 0 Å². The van der Waals surface area contributed by atoms with Gasteiger partial charge in [-0.3, -0.25) is 0 Å². The van der Waals surface area contributed by atoms with E-state index in [1.807, 2.05) is 0 Å². The van der Waals surface area contributed by atoms with E-state index < -0.39 is 0 Å². The van der Waals surface area contributed by atoms with Gasteiger partial charge in [0.25, 0.3) is 0 Å². The molecule has 10 rings (SSSR count). The van der Waals surface area contributed by atoms with Crippen molar-refractivity contribution in [2.75, 3.05) is 0 Å². The van der Waals surface area contributed by atoms with Crippen molar-refractivity contribution in [3.05, 3.63) is 145 Å². The lowest BCUT2D eigenvalue weighted by Crippen LogP contribution is -2.15. The molecule has 0 spiro atoms. The highest BCUT2D eigenvalue weighted by atomic mass is 16.3. The summed E-state index contributed by atoms with van der Waals surface area (Å²) < 4.78 is 6.85. The first kappa shape index (κ1) is 24.1. The first-order valence-corrected chi connectivity index (χ1v) is 15.4. The van der Waals surface area contributed by atoms with Crippen LogP contribution in [0.5, 0.6) is 0 Å². The van der Waals surface area contributed by atoms with Crippen molar-refractivity contribution in [2.24, 2.45) is 0 Å². The van der Waals surface area contributed by atoms with E-state index >= 15 is 0 Å². The van der Waals surface area contributed by atoms with E-state index in [-0.39, 0.29) is 5.41 Å². The van der Waals surface area contributed by atoms with Gasteiger partial charge in [-0.2, -0.15) is 0 Å². The number of furan rings is 1. The van der Waals surface area contributed by atoms with E-state index in [4.69, 9.17) is 4.42 Å². The molecule has 0 saturated carbocycles. The molecular formula is C43H28O. The summed E-state index contributed by atoms with van der Waals surface area (Å²) in [6.07, 6.45) is 0. The first-order valence-electron chi connectivity index (χ1n) is 15.4. The molecule has 1 aliphatic rings. The molecule has 0 radical (unpaired) electrons. The van der Waals surface area contributed by atoms with Crippen LogP contribution < -0.4 is 0 Å². The minimum Gasteiger partial charge on any atom is -0.455 e. The molecule has 1 aliphatic carbocycles. The number of hydrogen-bond donors (Lipinski definition) is 0. The molecule has 0 amide bonds. The van der Waals surface area contributed by atoms with Crippen LogP contribution in [-0.4, -0.2) is 0 Å². The van der Waals surface area contributed by atoms with Gasteiger partial charge in [0.05, 0.1) is 0 Å². The second-order valence-corrected chi connectivity index (χ2v) is 12.9. The molecule has 0 N–H and O–H groups in total. The summed E-state index contributed by atoms with van der Waals surface area (Å²) in [7, 11) is 0. The molecule has 0 saturated heterocycles. The highest BCUT2D eigenvalue weighted by Crippen LogP contribution is 2.57. The summed E-state index contributed by atoms with van der Waals surface area (Å²) in [5, 5.41) is 10.1. The topological polar surface area (TPSA) is 13.1 Å².